The Labute approximate surface area is 113 Å². The second-order valence-corrected chi connectivity index (χ2v) is 4.43. The second kappa shape index (κ2) is 4.45. The third-order valence-electron chi connectivity index (χ3n) is 3.13. The quantitative estimate of drug-likeness (QED) is 0.555. The van der Waals surface area contributed by atoms with Gasteiger partial charge in [-0.25, -0.2) is 8.78 Å². The SMILES string of the molecule is Nc1ccc(F)c(C(=O)c2c[nH]c3cccc(F)c23)c1. The number of aromatic amines is 1. The molecule has 0 radical (unpaired) electrons. The summed E-state index contributed by atoms with van der Waals surface area (Å²) >= 11 is 0. The van der Waals surface area contributed by atoms with Gasteiger partial charge in [0.25, 0.3) is 0 Å². The first-order valence-corrected chi connectivity index (χ1v) is 5.93. The zero-order chi connectivity index (χ0) is 14.3. The van der Waals surface area contributed by atoms with E-state index in [1.807, 2.05) is 0 Å². The van der Waals surface area contributed by atoms with Gasteiger partial charge < -0.3 is 10.7 Å². The Morgan fingerprint density at radius 3 is 2.65 bits per heavy atom. The van der Waals surface area contributed by atoms with E-state index in [0.717, 1.165) is 6.07 Å². The molecule has 3 nitrogen and oxygen atoms in total. The minimum absolute atomic E-state index is 0.0857. The minimum Gasteiger partial charge on any atom is -0.399 e. The van der Waals surface area contributed by atoms with Gasteiger partial charge in [0, 0.05) is 22.8 Å². The first kappa shape index (κ1) is 12.3. The molecular weight excluding hydrogens is 262 g/mol. The highest BCUT2D eigenvalue weighted by molar-refractivity contribution is 6.16. The summed E-state index contributed by atoms with van der Waals surface area (Å²) in [6.07, 6.45) is 1.37. The van der Waals surface area contributed by atoms with Crippen LogP contribution in [0.3, 0.4) is 0 Å². The number of nitrogens with two attached hydrogens (primary N) is 1. The van der Waals surface area contributed by atoms with Crippen molar-refractivity contribution in [3.05, 3.63) is 65.4 Å². The number of carbonyl (C=O) groups is 1. The van der Waals surface area contributed by atoms with Crippen LogP contribution in [-0.2, 0) is 0 Å². The zero-order valence-corrected chi connectivity index (χ0v) is 10.3. The van der Waals surface area contributed by atoms with Gasteiger partial charge in [-0.3, -0.25) is 4.79 Å². The molecule has 100 valence electrons. The van der Waals surface area contributed by atoms with Crippen LogP contribution < -0.4 is 5.73 Å². The van der Waals surface area contributed by atoms with Gasteiger partial charge in [-0.15, -0.1) is 0 Å². The first-order valence-electron chi connectivity index (χ1n) is 5.93. The summed E-state index contributed by atoms with van der Waals surface area (Å²) in [6.45, 7) is 0. The molecule has 0 bridgehead atoms. The highest BCUT2D eigenvalue weighted by Gasteiger charge is 2.19. The number of ketones is 1. The van der Waals surface area contributed by atoms with E-state index >= 15 is 0 Å². The molecule has 0 spiro atoms. The van der Waals surface area contributed by atoms with Gasteiger partial charge in [0.2, 0.25) is 0 Å². The van der Waals surface area contributed by atoms with E-state index in [9.17, 15) is 13.6 Å². The fourth-order valence-electron chi connectivity index (χ4n) is 2.18. The molecule has 0 aliphatic rings. The van der Waals surface area contributed by atoms with Crippen LogP contribution in [0.1, 0.15) is 15.9 Å². The van der Waals surface area contributed by atoms with Gasteiger partial charge in [-0.1, -0.05) is 6.07 Å². The van der Waals surface area contributed by atoms with Gasteiger partial charge in [-0.05, 0) is 30.3 Å². The topological polar surface area (TPSA) is 58.9 Å². The smallest absolute Gasteiger partial charge is 0.198 e. The van der Waals surface area contributed by atoms with Crippen molar-refractivity contribution in [2.75, 3.05) is 5.73 Å². The highest BCUT2D eigenvalue weighted by Crippen LogP contribution is 2.25. The normalized spacial score (nSPS) is 10.9. The summed E-state index contributed by atoms with van der Waals surface area (Å²) in [6, 6.07) is 8.16. The predicted molar refractivity (Wildman–Crippen MR) is 72.5 cm³/mol. The van der Waals surface area contributed by atoms with Gasteiger partial charge in [0.05, 0.1) is 11.1 Å². The van der Waals surface area contributed by atoms with E-state index in [1.54, 1.807) is 6.07 Å². The van der Waals surface area contributed by atoms with Crippen LogP contribution in [-0.4, -0.2) is 10.8 Å². The summed E-state index contributed by atoms with van der Waals surface area (Å²) in [5, 5.41) is 0.152. The Balaban J connectivity index is 2.21. The Kier molecular flexibility index (Phi) is 2.75. The van der Waals surface area contributed by atoms with Crippen LogP contribution in [0, 0.1) is 11.6 Å². The van der Waals surface area contributed by atoms with Crippen LogP contribution >= 0.6 is 0 Å². The van der Waals surface area contributed by atoms with Crippen LogP contribution in [0.4, 0.5) is 14.5 Å². The molecule has 1 heterocycles. The lowest BCUT2D eigenvalue weighted by molar-refractivity contribution is 0.103. The number of carbonyl (C=O) groups excluding carboxylic acids is 1. The fourth-order valence-corrected chi connectivity index (χ4v) is 2.18. The van der Waals surface area contributed by atoms with Crippen molar-refractivity contribution in [2.45, 2.75) is 0 Å². The van der Waals surface area contributed by atoms with Gasteiger partial charge in [0.1, 0.15) is 11.6 Å². The molecular formula is C15H10F2N2O. The standard InChI is InChI=1S/C15H10F2N2O/c16-11-5-4-8(18)6-9(11)15(20)10-7-19-13-3-1-2-12(17)14(10)13/h1-7,19H,18H2. The van der Waals surface area contributed by atoms with Crippen molar-refractivity contribution in [3.63, 3.8) is 0 Å². The molecule has 0 aliphatic carbocycles. The number of aromatic nitrogens is 1. The molecule has 0 saturated heterocycles. The third kappa shape index (κ3) is 1.84. The Morgan fingerprint density at radius 2 is 1.85 bits per heavy atom. The lowest BCUT2D eigenvalue weighted by atomic mass is 10.0. The van der Waals surface area contributed by atoms with Crippen molar-refractivity contribution in [1.82, 2.24) is 4.98 Å². The summed E-state index contributed by atoms with van der Waals surface area (Å²) in [5.74, 6) is -1.82. The Morgan fingerprint density at radius 1 is 1.05 bits per heavy atom. The molecule has 2 aromatic carbocycles. The molecule has 0 unspecified atom stereocenters. The maximum absolute atomic E-state index is 13.8. The average molecular weight is 272 g/mol. The summed E-state index contributed by atoms with van der Waals surface area (Å²) in [7, 11) is 0. The molecule has 0 atom stereocenters. The van der Waals surface area contributed by atoms with Crippen molar-refractivity contribution < 1.29 is 13.6 Å². The molecule has 3 aromatic rings. The lowest BCUT2D eigenvalue weighted by Crippen LogP contribution is -2.05. The van der Waals surface area contributed by atoms with Crippen molar-refractivity contribution in [2.24, 2.45) is 0 Å². The molecule has 5 heteroatoms. The van der Waals surface area contributed by atoms with Gasteiger partial charge in [-0.2, -0.15) is 0 Å². The van der Waals surface area contributed by atoms with Crippen LogP contribution in [0.2, 0.25) is 0 Å². The molecule has 1 aromatic heterocycles. The van der Waals surface area contributed by atoms with Crippen molar-refractivity contribution >= 4 is 22.4 Å². The Hall–Kier alpha value is -2.69. The maximum Gasteiger partial charge on any atom is 0.198 e. The third-order valence-corrected chi connectivity index (χ3v) is 3.13. The number of halogens is 2. The number of H-pyrrole nitrogens is 1. The molecule has 0 fully saturated rings. The largest absolute Gasteiger partial charge is 0.399 e. The number of hydrogen-bond acceptors (Lipinski definition) is 2. The van der Waals surface area contributed by atoms with E-state index in [4.69, 9.17) is 5.73 Å². The number of hydrogen-bond donors (Lipinski definition) is 2. The highest BCUT2D eigenvalue weighted by atomic mass is 19.1. The van der Waals surface area contributed by atoms with Gasteiger partial charge in [0.15, 0.2) is 5.78 Å². The molecule has 3 N–H and O–H groups in total. The van der Waals surface area contributed by atoms with E-state index in [2.05, 4.69) is 4.98 Å². The van der Waals surface area contributed by atoms with Crippen LogP contribution in [0.25, 0.3) is 10.9 Å². The molecule has 0 amide bonds. The first-order chi connectivity index (χ1) is 9.58. The molecule has 20 heavy (non-hydrogen) atoms. The fraction of sp³-hybridized carbons (Fsp3) is 0. The monoisotopic (exact) mass is 272 g/mol. The van der Waals surface area contributed by atoms with E-state index < -0.39 is 17.4 Å². The summed E-state index contributed by atoms with van der Waals surface area (Å²) < 4.78 is 27.6. The molecule has 0 aliphatic heterocycles. The zero-order valence-electron chi connectivity index (χ0n) is 10.3. The lowest BCUT2D eigenvalue weighted by Gasteiger charge is -2.03. The number of nitrogen functional groups attached to an aromatic ring is 1. The van der Waals surface area contributed by atoms with Gasteiger partial charge >= 0.3 is 0 Å². The number of benzene rings is 2. The summed E-state index contributed by atoms with van der Waals surface area (Å²) in [4.78, 5) is 15.2. The Bertz CT molecular complexity index is 824. The van der Waals surface area contributed by atoms with Crippen molar-refractivity contribution in [1.29, 1.82) is 0 Å². The average Bonchev–Trinajstić information content (AvgIpc) is 2.86. The second-order valence-electron chi connectivity index (χ2n) is 4.43. The number of nitrogens with one attached hydrogen (secondary N) is 1. The number of fused-ring (bicyclic) bond motifs is 1. The molecule has 0 saturated carbocycles. The van der Waals surface area contributed by atoms with Crippen LogP contribution in [0.15, 0.2) is 42.6 Å². The number of anilines is 1. The van der Waals surface area contributed by atoms with E-state index in [0.29, 0.717) is 5.52 Å². The van der Waals surface area contributed by atoms with E-state index in [-0.39, 0.29) is 22.2 Å². The maximum atomic E-state index is 13.8. The number of rotatable bonds is 2. The predicted octanol–water partition coefficient (Wildman–Crippen LogP) is 3.26. The van der Waals surface area contributed by atoms with Crippen LogP contribution in [0.5, 0.6) is 0 Å². The summed E-state index contributed by atoms with van der Waals surface area (Å²) in [5.41, 5.74) is 6.23. The minimum atomic E-state index is -0.685. The van der Waals surface area contributed by atoms with E-state index in [1.165, 1.54) is 30.5 Å². The van der Waals surface area contributed by atoms with Crippen molar-refractivity contribution in [3.8, 4) is 0 Å². The molecule has 3 rings (SSSR count).